The number of thiazole rings is 1. The molecule has 26 heavy (non-hydrogen) atoms. The topological polar surface area (TPSA) is 62.2 Å². The number of hydrogen-bond donors (Lipinski definition) is 2. The van der Waals surface area contributed by atoms with Gasteiger partial charge < -0.3 is 10.6 Å². The van der Waals surface area contributed by atoms with Crippen LogP contribution in [0.5, 0.6) is 0 Å². The van der Waals surface area contributed by atoms with Crippen LogP contribution < -0.4 is 10.6 Å². The second-order valence-corrected chi connectivity index (χ2v) is 8.33. The monoisotopic (exact) mass is 367 g/mol. The fourth-order valence-corrected chi connectivity index (χ4v) is 2.94. The van der Waals surface area contributed by atoms with E-state index < -0.39 is 0 Å². The summed E-state index contributed by atoms with van der Waals surface area (Å²) in [6.45, 7) is 10.7. The van der Waals surface area contributed by atoms with E-state index in [4.69, 9.17) is 4.99 Å². The van der Waals surface area contributed by atoms with Crippen molar-refractivity contribution in [3.63, 3.8) is 0 Å². The van der Waals surface area contributed by atoms with Crippen molar-refractivity contribution in [2.45, 2.75) is 40.7 Å². The predicted molar refractivity (Wildman–Crippen MR) is 112 cm³/mol. The molecule has 2 N–H and O–H groups in total. The van der Waals surface area contributed by atoms with Crippen molar-refractivity contribution < 1.29 is 0 Å². The van der Waals surface area contributed by atoms with E-state index in [1.165, 1.54) is 0 Å². The molecule has 136 valence electrons. The molecule has 6 heteroatoms. The van der Waals surface area contributed by atoms with Gasteiger partial charge in [-0.25, -0.2) is 9.98 Å². The average Bonchev–Trinajstić information content (AvgIpc) is 3.06. The van der Waals surface area contributed by atoms with Crippen molar-refractivity contribution >= 4 is 39.0 Å². The quantitative estimate of drug-likeness (QED) is 0.486. The highest BCUT2D eigenvalue weighted by atomic mass is 32.1. The first kappa shape index (κ1) is 18.3. The smallest absolute Gasteiger partial charge is 0.202 e. The number of anilines is 2. The number of nitrogens with zero attached hydrogens (tertiary/aromatic N) is 3. The van der Waals surface area contributed by atoms with Crippen LogP contribution in [0, 0.1) is 12.3 Å². The van der Waals surface area contributed by atoms with E-state index in [1.807, 2.05) is 36.6 Å². The minimum atomic E-state index is 0.0632. The van der Waals surface area contributed by atoms with Gasteiger partial charge in [-0.3, -0.25) is 4.98 Å². The molecule has 3 aromatic rings. The molecule has 0 bridgehead atoms. The second-order valence-electron chi connectivity index (χ2n) is 7.44. The molecule has 2 heterocycles. The standard InChI is InChI=1S/C20H25N5S/c1-13-12-17(15-8-6-7-9-16(15)22-13)24-18(23-14(2)20(3,4)5)25-19-21-10-11-26-19/h6-12,14H,1-5H3,(H2,21,22,23,24,25)/t14-/m0/s1. The van der Waals surface area contributed by atoms with Gasteiger partial charge in [-0.2, -0.15) is 0 Å². The highest BCUT2D eigenvalue weighted by Gasteiger charge is 2.20. The molecule has 1 atom stereocenters. The summed E-state index contributed by atoms with van der Waals surface area (Å²) in [5.74, 6) is 0.693. The van der Waals surface area contributed by atoms with E-state index in [1.54, 1.807) is 17.5 Å². The van der Waals surface area contributed by atoms with Crippen LogP contribution in [0.2, 0.25) is 0 Å². The van der Waals surface area contributed by atoms with Crippen molar-refractivity contribution in [3.8, 4) is 0 Å². The third kappa shape index (κ3) is 4.38. The van der Waals surface area contributed by atoms with Crippen LogP contribution in [-0.4, -0.2) is 22.0 Å². The van der Waals surface area contributed by atoms with E-state index in [2.05, 4.69) is 54.4 Å². The zero-order valence-corrected chi connectivity index (χ0v) is 16.7. The van der Waals surface area contributed by atoms with Crippen molar-refractivity contribution in [1.82, 2.24) is 9.97 Å². The number of hydrogen-bond acceptors (Lipinski definition) is 4. The highest BCUT2D eigenvalue weighted by Crippen LogP contribution is 2.25. The number of guanidine groups is 1. The van der Waals surface area contributed by atoms with Crippen LogP contribution in [0.1, 0.15) is 33.4 Å². The summed E-state index contributed by atoms with van der Waals surface area (Å²) in [5, 5.41) is 10.6. The molecule has 0 aliphatic rings. The largest absolute Gasteiger partial charge is 0.325 e. The Kier molecular flexibility index (Phi) is 5.23. The molecule has 3 rings (SSSR count). The molecule has 0 fully saturated rings. The van der Waals surface area contributed by atoms with Gasteiger partial charge in [0.05, 0.1) is 17.2 Å². The summed E-state index contributed by atoms with van der Waals surface area (Å²) in [6.07, 6.45) is 1.78. The molecular weight excluding hydrogens is 342 g/mol. The zero-order valence-electron chi connectivity index (χ0n) is 15.9. The summed E-state index contributed by atoms with van der Waals surface area (Å²) < 4.78 is 0. The maximum atomic E-state index is 4.90. The molecule has 0 aliphatic heterocycles. The van der Waals surface area contributed by atoms with Gasteiger partial charge in [0.2, 0.25) is 5.96 Å². The first-order valence-corrected chi connectivity index (χ1v) is 9.58. The molecule has 0 saturated carbocycles. The van der Waals surface area contributed by atoms with Crippen LogP contribution in [0.25, 0.3) is 10.9 Å². The number of benzene rings is 1. The number of aryl methyl sites for hydroxylation is 1. The Morgan fingerprint density at radius 1 is 1.19 bits per heavy atom. The van der Waals surface area contributed by atoms with E-state index in [0.717, 1.165) is 27.4 Å². The van der Waals surface area contributed by atoms with Gasteiger partial charge in [0.1, 0.15) is 0 Å². The molecule has 1 aromatic carbocycles. The van der Waals surface area contributed by atoms with Crippen molar-refractivity contribution in [3.05, 3.63) is 47.6 Å². The number of fused-ring (bicyclic) bond motifs is 1. The van der Waals surface area contributed by atoms with Crippen LogP contribution >= 0.6 is 11.3 Å². The highest BCUT2D eigenvalue weighted by molar-refractivity contribution is 7.13. The lowest BCUT2D eigenvalue weighted by Gasteiger charge is -2.25. The molecule has 5 nitrogen and oxygen atoms in total. The fraction of sp³-hybridized carbons (Fsp3) is 0.350. The predicted octanol–water partition coefficient (Wildman–Crippen LogP) is 5.31. The average molecular weight is 368 g/mol. The molecule has 0 amide bonds. The van der Waals surface area contributed by atoms with E-state index in [-0.39, 0.29) is 11.5 Å². The van der Waals surface area contributed by atoms with Gasteiger partial charge in [0, 0.05) is 22.7 Å². The lowest BCUT2D eigenvalue weighted by Crippen LogP contribution is -2.29. The Morgan fingerprint density at radius 3 is 2.65 bits per heavy atom. The maximum absolute atomic E-state index is 4.90. The molecule has 0 spiro atoms. The van der Waals surface area contributed by atoms with Crippen LogP contribution in [0.3, 0.4) is 0 Å². The van der Waals surface area contributed by atoms with Gasteiger partial charge in [0.25, 0.3) is 0 Å². The first-order valence-electron chi connectivity index (χ1n) is 8.70. The Hall–Kier alpha value is -2.47. The van der Waals surface area contributed by atoms with Crippen LogP contribution in [-0.2, 0) is 0 Å². The number of aliphatic imine (C=N–C) groups is 1. The van der Waals surface area contributed by atoms with E-state index in [9.17, 15) is 0 Å². The van der Waals surface area contributed by atoms with Crippen molar-refractivity contribution in [2.24, 2.45) is 10.4 Å². The molecule has 0 radical (unpaired) electrons. The summed E-state index contributed by atoms with van der Waals surface area (Å²) in [5.41, 5.74) is 2.97. The van der Waals surface area contributed by atoms with Crippen LogP contribution in [0.15, 0.2) is 46.9 Å². The van der Waals surface area contributed by atoms with E-state index in [0.29, 0.717) is 5.96 Å². The summed E-state index contributed by atoms with van der Waals surface area (Å²) in [7, 11) is 0. The maximum Gasteiger partial charge on any atom is 0.202 e. The summed E-state index contributed by atoms with van der Waals surface area (Å²) in [6, 6.07) is 10.3. The number of pyridine rings is 1. The fourth-order valence-electron chi connectivity index (χ4n) is 2.41. The number of rotatable bonds is 3. The Balaban J connectivity index is 1.99. The van der Waals surface area contributed by atoms with Crippen molar-refractivity contribution in [2.75, 3.05) is 10.6 Å². The SMILES string of the molecule is Cc1cc(NC(=N[C@@H](C)C(C)(C)C)Nc2nccs2)c2ccccc2n1. The second kappa shape index (κ2) is 7.41. The molecular formula is C20H25N5S. The van der Waals surface area contributed by atoms with Crippen LogP contribution in [0.4, 0.5) is 10.8 Å². The van der Waals surface area contributed by atoms with Gasteiger partial charge in [0.15, 0.2) is 5.13 Å². The van der Waals surface area contributed by atoms with Gasteiger partial charge in [-0.15, -0.1) is 11.3 Å². The van der Waals surface area contributed by atoms with Gasteiger partial charge >= 0.3 is 0 Å². The van der Waals surface area contributed by atoms with Gasteiger partial charge in [-0.1, -0.05) is 39.0 Å². The third-order valence-corrected chi connectivity index (χ3v) is 5.02. The molecule has 0 aliphatic carbocycles. The Bertz CT molecular complexity index is 910. The minimum Gasteiger partial charge on any atom is -0.325 e. The molecule has 0 saturated heterocycles. The third-order valence-electron chi connectivity index (χ3n) is 4.33. The number of nitrogens with one attached hydrogen (secondary N) is 2. The molecule has 0 unspecified atom stereocenters. The van der Waals surface area contributed by atoms with Gasteiger partial charge in [-0.05, 0) is 31.4 Å². The first-order chi connectivity index (χ1) is 12.3. The van der Waals surface area contributed by atoms with E-state index >= 15 is 0 Å². The molecule has 2 aromatic heterocycles. The number of para-hydroxylation sites is 1. The normalized spacial score (nSPS) is 13.7. The Labute approximate surface area is 158 Å². The summed E-state index contributed by atoms with van der Waals surface area (Å²) >= 11 is 1.55. The lowest BCUT2D eigenvalue weighted by atomic mass is 9.88. The number of aromatic nitrogens is 2. The Morgan fingerprint density at radius 2 is 1.96 bits per heavy atom. The summed E-state index contributed by atoms with van der Waals surface area (Å²) in [4.78, 5) is 13.8. The van der Waals surface area contributed by atoms with Crippen molar-refractivity contribution in [1.29, 1.82) is 0 Å². The zero-order chi connectivity index (χ0) is 18.7. The lowest BCUT2D eigenvalue weighted by molar-refractivity contribution is 0.342. The minimum absolute atomic E-state index is 0.0632.